The van der Waals surface area contributed by atoms with E-state index < -0.39 is 11.7 Å². The van der Waals surface area contributed by atoms with Crippen LogP contribution in [-0.2, 0) is 0 Å². The third kappa shape index (κ3) is 2.58. The molecule has 4 rings (SSSR count). The third-order valence-electron chi connectivity index (χ3n) is 5.34. The zero-order valence-electron chi connectivity index (χ0n) is 14.2. The van der Waals surface area contributed by atoms with Crippen molar-refractivity contribution in [1.82, 2.24) is 14.5 Å². The van der Waals surface area contributed by atoms with Crippen LogP contribution in [0.3, 0.4) is 0 Å². The van der Waals surface area contributed by atoms with Gasteiger partial charge in [-0.25, -0.2) is 9.97 Å². The summed E-state index contributed by atoms with van der Waals surface area (Å²) >= 11 is 0. The molecule has 1 aromatic carbocycles. The predicted molar refractivity (Wildman–Crippen MR) is 93.5 cm³/mol. The molecule has 2 N–H and O–H groups in total. The number of fused-ring (bicyclic) bond motifs is 1. The first-order valence-corrected chi connectivity index (χ1v) is 8.43. The second-order valence-corrected chi connectivity index (χ2v) is 6.93. The van der Waals surface area contributed by atoms with E-state index in [1.165, 1.54) is 6.33 Å². The molecule has 0 radical (unpaired) electrons. The van der Waals surface area contributed by atoms with Gasteiger partial charge in [0.15, 0.2) is 0 Å². The highest BCUT2D eigenvalue weighted by atomic mass is 16.5. The van der Waals surface area contributed by atoms with Crippen LogP contribution < -0.4 is 4.74 Å². The van der Waals surface area contributed by atoms with Crippen LogP contribution in [0.4, 0.5) is 0 Å². The third-order valence-corrected chi connectivity index (χ3v) is 5.34. The Hall–Kier alpha value is -2.44. The molecule has 1 fully saturated rings. The van der Waals surface area contributed by atoms with Gasteiger partial charge in [0.25, 0.3) is 0 Å². The SMILES string of the molecule is CC1CC(n2ccc3c(Oc4ccccc4)ncnc32)C(O)C1(C)O. The summed E-state index contributed by atoms with van der Waals surface area (Å²) in [6.45, 7) is 3.64. The van der Waals surface area contributed by atoms with E-state index in [0.29, 0.717) is 23.7 Å². The summed E-state index contributed by atoms with van der Waals surface area (Å²) in [5.41, 5.74) is -0.424. The molecule has 130 valence electrons. The number of aliphatic hydroxyl groups is 2. The maximum atomic E-state index is 10.6. The quantitative estimate of drug-likeness (QED) is 0.767. The van der Waals surface area contributed by atoms with Crippen LogP contribution in [0.2, 0.25) is 0 Å². The van der Waals surface area contributed by atoms with Crippen molar-refractivity contribution in [3.63, 3.8) is 0 Å². The zero-order chi connectivity index (χ0) is 17.6. The molecule has 0 aliphatic heterocycles. The first kappa shape index (κ1) is 16.1. The minimum absolute atomic E-state index is 0.00757. The minimum Gasteiger partial charge on any atom is -0.438 e. The summed E-state index contributed by atoms with van der Waals surface area (Å²) in [7, 11) is 0. The normalized spacial score (nSPS) is 29.2. The van der Waals surface area contributed by atoms with Crippen LogP contribution in [0.1, 0.15) is 26.3 Å². The average Bonchev–Trinajstić information content (AvgIpc) is 3.12. The van der Waals surface area contributed by atoms with Crippen molar-refractivity contribution >= 4 is 11.0 Å². The fraction of sp³-hybridized carbons (Fsp3) is 0.368. The number of benzene rings is 1. The number of para-hydroxylation sites is 1. The van der Waals surface area contributed by atoms with Crippen molar-refractivity contribution < 1.29 is 14.9 Å². The summed E-state index contributed by atoms with van der Waals surface area (Å²) in [5.74, 6) is 1.17. The first-order chi connectivity index (χ1) is 12.0. The van der Waals surface area contributed by atoms with Crippen molar-refractivity contribution in [3.05, 3.63) is 48.9 Å². The molecule has 0 saturated heterocycles. The van der Waals surface area contributed by atoms with Gasteiger partial charge in [0.2, 0.25) is 5.88 Å². The Morgan fingerprint density at radius 1 is 1.20 bits per heavy atom. The minimum atomic E-state index is -1.11. The van der Waals surface area contributed by atoms with Gasteiger partial charge < -0.3 is 19.5 Å². The van der Waals surface area contributed by atoms with E-state index in [4.69, 9.17) is 4.74 Å². The maximum absolute atomic E-state index is 10.6. The van der Waals surface area contributed by atoms with E-state index in [1.54, 1.807) is 6.92 Å². The van der Waals surface area contributed by atoms with Crippen LogP contribution in [0, 0.1) is 5.92 Å². The molecule has 4 atom stereocenters. The molecule has 1 aliphatic rings. The highest BCUT2D eigenvalue weighted by Crippen LogP contribution is 2.43. The van der Waals surface area contributed by atoms with Crippen molar-refractivity contribution in [2.75, 3.05) is 0 Å². The molecule has 6 heteroatoms. The van der Waals surface area contributed by atoms with Crippen molar-refractivity contribution in [1.29, 1.82) is 0 Å². The molecule has 25 heavy (non-hydrogen) atoms. The Labute approximate surface area is 145 Å². The Kier molecular flexibility index (Phi) is 3.74. The standard InChI is InChI=1S/C19H21N3O3/c1-12-10-15(16(23)19(12,2)24)22-9-8-14-17(22)20-11-21-18(14)25-13-6-4-3-5-7-13/h3-9,11-12,15-16,23-24H,10H2,1-2H3. The topological polar surface area (TPSA) is 80.4 Å². The Balaban J connectivity index is 1.73. The fourth-order valence-electron chi connectivity index (χ4n) is 3.57. The van der Waals surface area contributed by atoms with Crippen molar-refractivity contribution in [2.45, 2.75) is 38.0 Å². The van der Waals surface area contributed by atoms with E-state index in [2.05, 4.69) is 9.97 Å². The summed E-state index contributed by atoms with van der Waals surface area (Å²) in [5, 5.41) is 21.9. The molecule has 2 aromatic heterocycles. The smallest absolute Gasteiger partial charge is 0.231 e. The number of nitrogens with zero attached hydrogens (tertiary/aromatic N) is 3. The number of ether oxygens (including phenoxy) is 1. The Morgan fingerprint density at radius 3 is 2.64 bits per heavy atom. The van der Waals surface area contributed by atoms with Gasteiger partial charge in [0.1, 0.15) is 23.8 Å². The van der Waals surface area contributed by atoms with Crippen LogP contribution >= 0.6 is 0 Å². The molecule has 1 aliphatic carbocycles. The zero-order valence-corrected chi connectivity index (χ0v) is 14.2. The van der Waals surface area contributed by atoms with Gasteiger partial charge in [-0.2, -0.15) is 0 Å². The van der Waals surface area contributed by atoms with Gasteiger partial charge in [-0.05, 0) is 37.5 Å². The molecule has 6 nitrogen and oxygen atoms in total. The van der Waals surface area contributed by atoms with Crippen LogP contribution in [0.15, 0.2) is 48.9 Å². The van der Waals surface area contributed by atoms with E-state index in [9.17, 15) is 10.2 Å². The number of hydrogen-bond donors (Lipinski definition) is 2. The van der Waals surface area contributed by atoms with Crippen molar-refractivity contribution in [3.8, 4) is 11.6 Å². The predicted octanol–water partition coefficient (Wildman–Crippen LogP) is 2.92. The summed E-state index contributed by atoms with van der Waals surface area (Å²) in [4.78, 5) is 8.62. The molecule has 0 spiro atoms. The molecule has 4 unspecified atom stereocenters. The number of aromatic nitrogens is 3. The Bertz CT molecular complexity index is 891. The first-order valence-electron chi connectivity index (χ1n) is 8.43. The molecular formula is C19H21N3O3. The number of rotatable bonds is 3. The molecule has 0 bridgehead atoms. The van der Waals surface area contributed by atoms with Gasteiger partial charge in [0.05, 0.1) is 17.0 Å². The highest BCUT2D eigenvalue weighted by Gasteiger charge is 2.49. The van der Waals surface area contributed by atoms with E-state index in [-0.39, 0.29) is 12.0 Å². The van der Waals surface area contributed by atoms with Crippen LogP contribution in [0.5, 0.6) is 11.6 Å². The molecule has 1 saturated carbocycles. The molecular weight excluding hydrogens is 318 g/mol. The second kappa shape index (κ2) is 5.82. The van der Waals surface area contributed by atoms with Gasteiger partial charge in [-0.1, -0.05) is 25.1 Å². The largest absolute Gasteiger partial charge is 0.438 e. The van der Waals surface area contributed by atoms with E-state index in [0.717, 1.165) is 5.39 Å². The van der Waals surface area contributed by atoms with E-state index in [1.807, 2.05) is 54.1 Å². The van der Waals surface area contributed by atoms with Gasteiger partial charge >= 0.3 is 0 Å². The van der Waals surface area contributed by atoms with Gasteiger partial charge in [0, 0.05) is 6.20 Å². The van der Waals surface area contributed by atoms with Gasteiger partial charge in [-0.15, -0.1) is 0 Å². The summed E-state index contributed by atoms with van der Waals surface area (Å²) < 4.78 is 7.79. The lowest BCUT2D eigenvalue weighted by Crippen LogP contribution is -2.41. The summed E-state index contributed by atoms with van der Waals surface area (Å²) in [6.07, 6.45) is 3.15. The fourth-order valence-corrected chi connectivity index (χ4v) is 3.57. The van der Waals surface area contributed by atoms with Crippen LogP contribution in [0.25, 0.3) is 11.0 Å². The Morgan fingerprint density at radius 2 is 1.96 bits per heavy atom. The highest BCUT2D eigenvalue weighted by molar-refractivity contribution is 5.81. The monoisotopic (exact) mass is 339 g/mol. The molecule has 2 heterocycles. The molecule has 0 amide bonds. The lowest BCUT2D eigenvalue weighted by Gasteiger charge is -2.27. The van der Waals surface area contributed by atoms with Crippen molar-refractivity contribution in [2.24, 2.45) is 5.92 Å². The summed E-state index contributed by atoms with van der Waals surface area (Å²) in [6, 6.07) is 11.1. The van der Waals surface area contributed by atoms with Crippen LogP contribution in [-0.4, -0.2) is 36.5 Å². The lowest BCUT2D eigenvalue weighted by atomic mass is 9.93. The van der Waals surface area contributed by atoms with Gasteiger partial charge in [-0.3, -0.25) is 0 Å². The lowest BCUT2D eigenvalue weighted by molar-refractivity contribution is -0.0714. The average molecular weight is 339 g/mol. The van der Waals surface area contributed by atoms with E-state index >= 15 is 0 Å². The number of hydrogen-bond acceptors (Lipinski definition) is 5. The maximum Gasteiger partial charge on any atom is 0.231 e. The second-order valence-electron chi connectivity index (χ2n) is 6.93. The number of aliphatic hydroxyl groups excluding tert-OH is 1. The molecule has 3 aromatic rings.